The quantitative estimate of drug-likeness (QED) is 0.334. The number of carboxylic acid groups (broad SMARTS) is 1. The third-order valence-corrected chi connectivity index (χ3v) is 7.62. The predicted octanol–water partition coefficient (Wildman–Crippen LogP) is 5.51. The van der Waals surface area contributed by atoms with Crippen LogP contribution in [0.3, 0.4) is 0 Å². The highest BCUT2D eigenvalue weighted by Crippen LogP contribution is 2.37. The maximum Gasteiger partial charge on any atom is 0.340 e. The number of benzene rings is 2. The minimum absolute atomic E-state index is 0.109. The van der Waals surface area contributed by atoms with Crippen LogP contribution in [0.2, 0.25) is 0 Å². The number of rotatable bonds is 6. The molecule has 0 atom stereocenters. The van der Waals surface area contributed by atoms with E-state index in [1.54, 1.807) is 25.3 Å². The molecule has 5 rings (SSSR count). The Bertz CT molecular complexity index is 1560. The first kappa shape index (κ1) is 24.7. The highest BCUT2D eigenvalue weighted by Gasteiger charge is 2.26. The molecule has 1 amide bonds. The molecule has 37 heavy (non-hydrogen) atoms. The molecule has 0 unspecified atom stereocenters. The number of hydrogen-bond donors (Lipinski definition) is 2. The van der Waals surface area contributed by atoms with Gasteiger partial charge in [0, 0.05) is 28.4 Å². The molecule has 2 aromatic carbocycles. The Kier molecular flexibility index (Phi) is 6.58. The zero-order valence-corrected chi connectivity index (χ0v) is 20.7. The molecule has 2 aromatic heterocycles. The number of amides is 1. The van der Waals surface area contributed by atoms with Gasteiger partial charge in [0.2, 0.25) is 5.91 Å². The minimum atomic E-state index is -0.756. The van der Waals surface area contributed by atoms with Crippen molar-refractivity contribution in [2.45, 2.75) is 46.0 Å². The van der Waals surface area contributed by atoms with Gasteiger partial charge in [0.1, 0.15) is 17.0 Å². The smallest absolute Gasteiger partial charge is 0.340 e. The van der Waals surface area contributed by atoms with Crippen molar-refractivity contribution in [1.29, 1.82) is 0 Å². The first-order valence-corrected chi connectivity index (χ1v) is 12.5. The molecule has 2 N–H and O–H groups in total. The summed E-state index contributed by atoms with van der Waals surface area (Å²) in [6.45, 7) is 4.08. The average Bonchev–Trinajstić information content (AvgIpc) is 3.31. The van der Waals surface area contributed by atoms with E-state index in [0.29, 0.717) is 52.6 Å². The molecule has 1 aliphatic carbocycles. The Hall–Kier alpha value is -3.94. The molecule has 2 heterocycles. The number of carbonyl (C=O) groups is 2. The van der Waals surface area contributed by atoms with Gasteiger partial charge < -0.3 is 19.3 Å². The van der Waals surface area contributed by atoms with Gasteiger partial charge in [-0.15, -0.1) is 0 Å². The molecule has 0 aliphatic heterocycles. The molecule has 0 bridgehead atoms. The summed E-state index contributed by atoms with van der Waals surface area (Å²) < 4.78 is 24.9. The highest BCUT2D eigenvalue weighted by atomic mass is 19.1. The van der Waals surface area contributed by atoms with Crippen molar-refractivity contribution in [3.63, 3.8) is 0 Å². The van der Waals surface area contributed by atoms with Crippen molar-refractivity contribution in [3.05, 3.63) is 69.5 Å². The third kappa shape index (κ3) is 4.75. The zero-order chi connectivity index (χ0) is 26.3. The van der Waals surface area contributed by atoms with E-state index in [9.17, 15) is 18.8 Å². The van der Waals surface area contributed by atoms with Gasteiger partial charge in [-0.3, -0.25) is 9.59 Å². The summed E-state index contributed by atoms with van der Waals surface area (Å²) in [4.78, 5) is 36.8. The van der Waals surface area contributed by atoms with Gasteiger partial charge in [-0.1, -0.05) is 12.1 Å². The molecule has 4 aromatic rings. The number of fused-ring (bicyclic) bond motifs is 2. The SMILES string of the molecule is Cc1c(CC(=O)NCC2CCC(C(=O)O)CC2)c(=O)oc2c(C)c3occ(-c4ccc(F)cc4)c3cc12. The van der Waals surface area contributed by atoms with Crippen LogP contribution in [0, 0.1) is 31.5 Å². The van der Waals surface area contributed by atoms with E-state index >= 15 is 0 Å². The Balaban J connectivity index is 1.40. The van der Waals surface area contributed by atoms with Crippen LogP contribution >= 0.6 is 0 Å². The fourth-order valence-electron chi connectivity index (χ4n) is 5.35. The molecule has 1 fully saturated rings. The summed E-state index contributed by atoms with van der Waals surface area (Å²) in [5.74, 6) is -1.43. The Labute approximate surface area is 212 Å². The number of aliphatic carboxylic acids is 1. The van der Waals surface area contributed by atoms with Crippen LogP contribution in [0.15, 0.2) is 50.2 Å². The largest absolute Gasteiger partial charge is 0.481 e. The van der Waals surface area contributed by atoms with E-state index in [2.05, 4.69) is 5.32 Å². The molecule has 1 saturated carbocycles. The average molecular weight is 506 g/mol. The molecule has 0 spiro atoms. The van der Waals surface area contributed by atoms with E-state index < -0.39 is 11.6 Å². The zero-order valence-electron chi connectivity index (χ0n) is 20.7. The predicted molar refractivity (Wildman–Crippen MR) is 137 cm³/mol. The number of nitrogens with one attached hydrogen (secondary N) is 1. The van der Waals surface area contributed by atoms with Crippen LogP contribution in [-0.4, -0.2) is 23.5 Å². The summed E-state index contributed by atoms with van der Waals surface area (Å²) in [6, 6.07) is 8.03. The fourth-order valence-corrected chi connectivity index (χ4v) is 5.35. The van der Waals surface area contributed by atoms with Crippen LogP contribution in [0.1, 0.15) is 42.4 Å². The maximum atomic E-state index is 13.4. The molecule has 1 aliphatic rings. The molecule has 192 valence electrons. The van der Waals surface area contributed by atoms with Crippen LogP contribution in [0.4, 0.5) is 4.39 Å². The van der Waals surface area contributed by atoms with Crippen LogP contribution in [0.25, 0.3) is 33.1 Å². The number of hydrogen-bond acceptors (Lipinski definition) is 5. The molecule has 7 nitrogen and oxygen atoms in total. The standard InChI is InChI=1S/C29H28FNO6/c1-15-21-11-23-24(18-7-9-20(30)10-8-18)14-36-26(23)16(2)27(21)37-29(35)22(15)12-25(32)31-13-17-3-5-19(6-4-17)28(33)34/h7-11,14,17,19H,3-6,12-13H2,1-2H3,(H,31,32)(H,33,34). The molecule has 0 radical (unpaired) electrons. The van der Waals surface area contributed by atoms with Crippen molar-refractivity contribution >= 4 is 33.8 Å². The Morgan fingerprint density at radius 1 is 1.03 bits per heavy atom. The van der Waals surface area contributed by atoms with E-state index in [1.165, 1.54) is 12.1 Å². The summed E-state index contributed by atoms with van der Waals surface area (Å²) in [5, 5.41) is 13.6. The third-order valence-electron chi connectivity index (χ3n) is 7.62. The maximum absolute atomic E-state index is 13.4. The van der Waals surface area contributed by atoms with E-state index in [4.69, 9.17) is 13.9 Å². The van der Waals surface area contributed by atoms with Crippen LogP contribution in [0.5, 0.6) is 0 Å². The summed E-state index contributed by atoms with van der Waals surface area (Å²) in [5.41, 5.74) is 3.66. The van der Waals surface area contributed by atoms with Gasteiger partial charge in [-0.2, -0.15) is 0 Å². The Morgan fingerprint density at radius 3 is 2.41 bits per heavy atom. The Morgan fingerprint density at radius 2 is 1.73 bits per heavy atom. The lowest BCUT2D eigenvalue weighted by Gasteiger charge is -2.26. The number of halogens is 1. The first-order valence-electron chi connectivity index (χ1n) is 12.5. The normalized spacial score (nSPS) is 17.8. The van der Waals surface area contributed by atoms with Gasteiger partial charge in [-0.05, 0) is 74.8 Å². The van der Waals surface area contributed by atoms with Gasteiger partial charge in [0.15, 0.2) is 0 Å². The number of furan rings is 1. The molecular formula is C29H28FNO6. The first-order chi connectivity index (χ1) is 17.7. The fraction of sp³-hybridized carbons (Fsp3) is 0.345. The van der Waals surface area contributed by atoms with Gasteiger partial charge in [-0.25, -0.2) is 9.18 Å². The number of carboxylic acids is 1. The van der Waals surface area contributed by atoms with Crippen molar-refractivity contribution in [2.75, 3.05) is 6.54 Å². The monoisotopic (exact) mass is 505 g/mol. The number of aryl methyl sites for hydroxylation is 2. The summed E-state index contributed by atoms with van der Waals surface area (Å²) in [7, 11) is 0. The lowest BCUT2D eigenvalue weighted by Crippen LogP contribution is -2.34. The van der Waals surface area contributed by atoms with Crippen molar-refractivity contribution < 1.29 is 27.9 Å². The number of carbonyl (C=O) groups excluding carboxylic acids is 1. The summed E-state index contributed by atoms with van der Waals surface area (Å²) >= 11 is 0. The van der Waals surface area contributed by atoms with Crippen molar-refractivity contribution in [1.82, 2.24) is 5.32 Å². The van der Waals surface area contributed by atoms with Gasteiger partial charge >= 0.3 is 11.6 Å². The second-order valence-electron chi connectivity index (χ2n) is 9.94. The van der Waals surface area contributed by atoms with Gasteiger partial charge in [0.25, 0.3) is 0 Å². The molecule has 8 heteroatoms. The van der Waals surface area contributed by atoms with E-state index in [-0.39, 0.29) is 30.0 Å². The van der Waals surface area contributed by atoms with Gasteiger partial charge in [0.05, 0.1) is 24.2 Å². The molecule has 0 saturated heterocycles. The van der Waals surface area contributed by atoms with E-state index in [0.717, 1.165) is 29.4 Å². The van der Waals surface area contributed by atoms with Crippen molar-refractivity contribution in [2.24, 2.45) is 11.8 Å². The topological polar surface area (TPSA) is 110 Å². The second-order valence-corrected chi connectivity index (χ2v) is 9.94. The minimum Gasteiger partial charge on any atom is -0.481 e. The van der Waals surface area contributed by atoms with Crippen LogP contribution in [-0.2, 0) is 16.0 Å². The lowest BCUT2D eigenvalue weighted by molar-refractivity contribution is -0.143. The van der Waals surface area contributed by atoms with Crippen molar-refractivity contribution in [3.8, 4) is 11.1 Å². The van der Waals surface area contributed by atoms with E-state index in [1.807, 2.05) is 13.0 Å². The second kappa shape index (κ2) is 9.84. The lowest BCUT2D eigenvalue weighted by atomic mass is 9.82. The molecular weight excluding hydrogens is 477 g/mol. The highest BCUT2D eigenvalue weighted by molar-refractivity contribution is 6.05. The summed E-state index contributed by atoms with van der Waals surface area (Å²) in [6.07, 6.45) is 4.24. The van der Waals surface area contributed by atoms with Crippen LogP contribution < -0.4 is 10.9 Å².